The summed E-state index contributed by atoms with van der Waals surface area (Å²) in [7, 11) is 1.43. The number of likely N-dealkylation sites (tertiary alicyclic amines) is 1. The van der Waals surface area contributed by atoms with Crippen LogP contribution in [0.1, 0.15) is 12.8 Å². The Kier molecular flexibility index (Phi) is 2.99. The molecule has 0 aliphatic carbocycles. The molecule has 0 bridgehead atoms. The first-order chi connectivity index (χ1) is 8.08. The van der Waals surface area contributed by atoms with Gasteiger partial charge in [0.15, 0.2) is 5.82 Å². The van der Waals surface area contributed by atoms with Gasteiger partial charge in [-0.05, 0) is 6.42 Å². The molecule has 1 unspecified atom stereocenters. The summed E-state index contributed by atoms with van der Waals surface area (Å²) >= 11 is 0. The van der Waals surface area contributed by atoms with Crippen molar-refractivity contribution >= 4 is 17.8 Å². The van der Waals surface area contributed by atoms with Gasteiger partial charge in [-0.1, -0.05) is 0 Å². The number of aromatic nitrogens is 2. The summed E-state index contributed by atoms with van der Waals surface area (Å²) in [5, 5.41) is 2.78. The molecule has 1 saturated heterocycles. The van der Waals surface area contributed by atoms with Crippen molar-refractivity contribution in [2.75, 3.05) is 12.4 Å². The summed E-state index contributed by atoms with van der Waals surface area (Å²) < 4.78 is 12.6. The Labute approximate surface area is 96.9 Å². The Balaban J connectivity index is 2.06. The summed E-state index contributed by atoms with van der Waals surface area (Å²) in [6, 6.07) is -0.539. The fraction of sp³-hybridized carbons (Fsp3) is 0.400. The predicted molar refractivity (Wildman–Crippen MR) is 56.4 cm³/mol. The van der Waals surface area contributed by atoms with Crippen molar-refractivity contribution in [3.05, 3.63) is 18.2 Å². The van der Waals surface area contributed by atoms with E-state index in [9.17, 15) is 14.0 Å². The van der Waals surface area contributed by atoms with E-state index in [1.54, 1.807) is 0 Å². The Morgan fingerprint density at radius 3 is 2.71 bits per heavy atom. The van der Waals surface area contributed by atoms with Crippen molar-refractivity contribution < 1.29 is 14.0 Å². The lowest BCUT2D eigenvalue weighted by molar-refractivity contribution is -0.146. The number of anilines is 1. The molecule has 1 aromatic rings. The highest BCUT2D eigenvalue weighted by Gasteiger charge is 2.31. The van der Waals surface area contributed by atoms with Crippen LogP contribution in [0.5, 0.6) is 0 Å². The zero-order valence-corrected chi connectivity index (χ0v) is 9.18. The maximum atomic E-state index is 12.6. The molecular weight excluding hydrogens is 227 g/mol. The molecule has 1 atom stereocenters. The second kappa shape index (κ2) is 4.44. The van der Waals surface area contributed by atoms with E-state index >= 15 is 0 Å². The quantitative estimate of drug-likeness (QED) is 0.743. The number of carbonyl (C=O) groups excluding carboxylic acids is 2. The summed E-state index contributed by atoms with van der Waals surface area (Å²) in [6.45, 7) is 0. The van der Waals surface area contributed by atoms with E-state index < -0.39 is 11.9 Å². The van der Waals surface area contributed by atoms with E-state index in [1.165, 1.54) is 7.05 Å². The maximum Gasteiger partial charge on any atom is 0.251 e. The highest BCUT2D eigenvalue weighted by atomic mass is 19.1. The number of hydrogen-bond donors (Lipinski definition) is 1. The highest BCUT2D eigenvalue weighted by molar-refractivity contribution is 6.01. The Bertz CT molecular complexity index is 448. The lowest BCUT2D eigenvalue weighted by Crippen LogP contribution is -2.48. The van der Waals surface area contributed by atoms with Gasteiger partial charge in [0.25, 0.3) is 5.91 Å². The normalized spacial score (nSPS) is 20.6. The fourth-order valence-electron chi connectivity index (χ4n) is 1.59. The number of rotatable bonds is 2. The van der Waals surface area contributed by atoms with Crippen LogP contribution in [-0.4, -0.2) is 39.8 Å². The minimum absolute atomic E-state index is 0.174. The molecule has 0 saturated carbocycles. The lowest BCUT2D eigenvalue weighted by Gasteiger charge is -2.27. The van der Waals surface area contributed by atoms with E-state index in [2.05, 4.69) is 15.3 Å². The maximum absolute atomic E-state index is 12.6. The van der Waals surface area contributed by atoms with Crippen molar-refractivity contribution in [3.63, 3.8) is 0 Å². The van der Waals surface area contributed by atoms with Gasteiger partial charge in [-0.3, -0.25) is 14.5 Å². The molecule has 1 aliphatic rings. The number of nitrogens with zero attached hydrogens (tertiary/aromatic N) is 3. The SMILES string of the molecule is CN1C(=O)CCC(Nc2ncc(F)cn2)C1=O. The minimum atomic E-state index is -0.544. The van der Waals surface area contributed by atoms with E-state index in [1.807, 2.05) is 0 Å². The monoisotopic (exact) mass is 238 g/mol. The average molecular weight is 238 g/mol. The molecule has 6 nitrogen and oxygen atoms in total. The van der Waals surface area contributed by atoms with Crippen LogP contribution in [0.15, 0.2) is 12.4 Å². The van der Waals surface area contributed by atoms with Crippen molar-refractivity contribution in [2.45, 2.75) is 18.9 Å². The Morgan fingerprint density at radius 1 is 1.41 bits per heavy atom. The standard InChI is InChI=1S/C10H11FN4O2/c1-15-8(16)3-2-7(9(15)17)14-10-12-4-6(11)5-13-10/h4-5,7H,2-3H2,1H3,(H,12,13,14). The van der Waals surface area contributed by atoms with Crippen LogP contribution < -0.4 is 5.32 Å². The largest absolute Gasteiger partial charge is 0.342 e. The van der Waals surface area contributed by atoms with E-state index in [0.717, 1.165) is 17.3 Å². The summed E-state index contributed by atoms with van der Waals surface area (Å²) in [6.07, 6.45) is 2.71. The molecule has 0 radical (unpaired) electrons. The third kappa shape index (κ3) is 2.38. The van der Waals surface area contributed by atoms with Crippen LogP contribution in [0.3, 0.4) is 0 Å². The zero-order valence-electron chi connectivity index (χ0n) is 9.18. The summed E-state index contributed by atoms with van der Waals surface area (Å²) in [4.78, 5) is 31.4. The molecule has 2 heterocycles. The molecule has 90 valence electrons. The lowest BCUT2D eigenvalue weighted by atomic mass is 10.1. The summed E-state index contributed by atoms with van der Waals surface area (Å²) in [5.41, 5.74) is 0. The number of halogens is 1. The molecular formula is C10H11FN4O2. The van der Waals surface area contributed by atoms with E-state index in [4.69, 9.17) is 0 Å². The Hall–Kier alpha value is -2.05. The molecule has 1 aliphatic heterocycles. The number of carbonyl (C=O) groups is 2. The van der Waals surface area contributed by atoms with E-state index in [-0.39, 0.29) is 17.8 Å². The van der Waals surface area contributed by atoms with Gasteiger partial charge >= 0.3 is 0 Å². The fourth-order valence-corrected chi connectivity index (χ4v) is 1.59. The molecule has 2 amide bonds. The molecule has 17 heavy (non-hydrogen) atoms. The predicted octanol–water partition coefficient (Wildman–Crippen LogP) is 0.175. The molecule has 1 fully saturated rings. The van der Waals surface area contributed by atoms with Crippen LogP contribution in [0.2, 0.25) is 0 Å². The molecule has 1 aromatic heterocycles. The molecule has 0 aromatic carbocycles. The number of likely N-dealkylation sites (N-methyl/N-ethyl adjacent to an activating group) is 1. The van der Waals surface area contributed by atoms with Crippen LogP contribution in [0, 0.1) is 5.82 Å². The first-order valence-corrected chi connectivity index (χ1v) is 5.12. The van der Waals surface area contributed by atoms with Crippen LogP contribution in [-0.2, 0) is 9.59 Å². The third-order valence-corrected chi connectivity index (χ3v) is 2.57. The molecule has 0 spiro atoms. The highest BCUT2D eigenvalue weighted by Crippen LogP contribution is 2.14. The topological polar surface area (TPSA) is 75.2 Å². The van der Waals surface area contributed by atoms with Crippen molar-refractivity contribution in [3.8, 4) is 0 Å². The minimum Gasteiger partial charge on any atom is -0.342 e. The van der Waals surface area contributed by atoms with Gasteiger partial charge in [-0.25, -0.2) is 14.4 Å². The van der Waals surface area contributed by atoms with Gasteiger partial charge in [-0.2, -0.15) is 0 Å². The van der Waals surface area contributed by atoms with Gasteiger partial charge in [0, 0.05) is 13.5 Å². The summed E-state index contributed by atoms with van der Waals surface area (Å²) in [5.74, 6) is -0.896. The van der Waals surface area contributed by atoms with Gasteiger partial charge in [0.2, 0.25) is 11.9 Å². The average Bonchev–Trinajstić information content (AvgIpc) is 2.33. The number of hydrogen-bond acceptors (Lipinski definition) is 5. The van der Waals surface area contributed by atoms with Crippen LogP contribution in [0.4, 0.5) is 10.3 Å². The first-order valence-electron chi connectivity index (χ1n) is 5.12. The third-order valence-electron chi connectivity index (χ3n) is 2.57. The first kappa shape index (κ1) is 11.4. The number of nitrogens with one attached hydrogen (secondary N) is 1. The van der Waals surface area contributed by atoms with Crippen molar-refractivity contribution in [1.82, 2.24) is 14.9 Å². The second-order valence-corrected chi connectivity index (χ2v) is 3.75. The molecule has 1 N–H and O–H groups in total. The zero-order chi connectivity index (χ0) is 12.4. The second-order valence-electron chi connectivity index (χ2n) is 3.75. The van der Waals surface area contributed by atoms with Crippen LogP contribution in [0.25, 0.3) is 0 Å². The number of imide groups is 1. The van der Waals surface area contributed by atoms with Gasteiger partial charge in [0.1, 0.15) is 6.04 Å². The van der Waals surface area contributed by atoms with E-state index in [0.29, 0.717) is 12.8 Å². The molecule has 2 rings (SSSR count). The smallest absolute Gasteiger partial charge is 0.251 e. The van der Waals surface area contributed by atoms with Crippen molar-refractivity contribution in [2.24, 2.45) is 0 Å². The molecule has 7 heteroatoms. The Morgan fingerprint density at radius 2 is 2.06 bits per heavy atom. The van der Waals surface area contributed by atoms with Gasteiger partial charge in [-0.15, -0.1) is 0 Å². The van der Waals surface area contributed by atoms with Crippen LogP contribution >= 0.6 is 0 Å². The van der Waals surface area contributed by atoms with Crippen molar-refractivity contribution in [1.29, 1.82) is 0 Å². The van der Waals surface area contributed by atoms with Gasteiger partial charge < -0.3 is 5.32 Å². The number of piperidine rings is 1. The van der Waals surface area contributed by atoms with Gasteiger partial charge in [0.05, 0.1) is 12.4 Å². The number of amides is 2.